The first-order valence-electron chi connectivity index (χ1n) is 6.24. The molecule has 0 aliphatic rings. The van der Waals surface area contributed by atoms with E-state index < -0.39 is 0 Å². The van der Waals surface area contributed by atoms with E-state index in [-0.39, 0.29) is 5.82 Å². The molecule has 0 unspecified atom stereocenters. The van der Waals surface area contributed by atoms with Crippen LogP contribution in [0.5, 0.6) is 0 Å². The summed E-state index contributed by atoms with van der Waals surface area (Å²) in [7, 11) is 0. The largest absolute Gasteiger partial charge is 0.377 e. The molecule has 2 aromatic rings. The lowest BCUT2D eigenvalue weighted by Crippen LogP contribution is -2.09. The molecule has 0 atom stereocenters. The van der Waals surface area contributed by atoms with E-state index in [9.17, 15) is 4.39 Å². The minimum absolute atomic E-state index is 0.226. The van der Waals surface area contributed by atoms with Gasteiger partial charge >= 0.3 is 0 Å². The van der Waals surface area contributed by atoms with E-state index in [0.29, 0.717) is 12.2 Å². The Kier molecular flexibility index (Phi) is 4.24. The molecule has 1 N–H and O–H groups in total. The standard InChI is InChI=1S/C14H17BrFN3/c1-4-19-13(14(15)10(3)18-19)8-17-12-6-5-9(2)7-11(12)16/h5-7,17H,4,8H2,1-3H3. The number of benzene rings is 1. The molecule has 0 saturated carbocycles. The number of nitrogens with one attached hydrogen (secondary N) is 1. The van der Waals surface area contributed by atoms with Gasteiger partial charge in [-0.3, -0.25) is 4.68 Å². The van der Waals surface area contributed by atoms with Crippen molar-refractivity contribution >= 4 is 21.6 Å². The van der Waals surface area contributed by atoms with Gasteiger partial charge in [-0.1, -0.05) is 6.07 Å². The molecule has 102 valence electrons. The highest BCUT2D eigenvalue weighted by Gasteiger charge is 2.12. The van der Waals surface area contributed by atoms with Crippen molar-refractivity contribution in [1.29, 1.82) is 0 Å². The Bertz CT molecular complexity index is 593. The van der Waals surface area contributed by atoms with Crippen molar-refractivity contribution in [3.8, 4) is 0 Å². The third-order valence-electron chi connectivity index (χ3n) is 3.02. The summed E-state index contributed by atoms with van der Waals surface area (Å²) in [5.74, 6) is -0.226. The van der Waals surface area contributed by atoms with Crippen molar-refractivity contribution in [3.63, 3.8) is 0 Å². The molecule has 2 rings (SSSR count). The maximum Gasteiger partial charge on any atom is 0.146 e. The van der Waals surface area contributed by atoms with Gasteiger partial charge in [0.05, 0.1) is 28.1 Å². The summed E-state index contributed by atoms with van der Waals surface area (Å²) in [5.41, 5.74) is 3.40. The van der Waals surface area contributed by atoms with Crippen LogP contribution in [0.25, 0.3) is 0 Å². The molecule has 0 aliphatic heterocycles. The van der Waals surface area contributed by atoms with E-state index in [4.69, 9.17) is 0 Å². The molecule has 0 amide bonds. The van der Waals surface area contributed by atoms with Crippen LogP contribution in [-0.2, 0) is 13.1 Å². The van der Waals surface area contributed by atoms with Crippen LogP contribution < -0.4 is 5.32 Å². The Hall–Kier alpha value is -1.36. The molecule has 0 fully saturated rings. The normalized spacial score (nSPS) is 10.8. The third kappa shape index (κ3) is 2.97. The van der Waals surface area contributed by atoms with E-state index in [1.54, 1.807) is 6.07 Å². The zero-order chi connectivity index (χ0) is 14.0. The molecule has 1 aromatic carbocycles. The zero-order valence-corrected chi connectivity index (χ0v) is 12.9. The number of rotatable bonds is 4. The average Bonchev–Trinajstić information content (AvgIpc) is 2.65. The van der Waals surface area contributed by atoms with Crippen molar-refractivity contribution in [3.05, 3.63) is 45.4 Å². The summed E-state index contributed by atoms with van der Waals surface area (Å²) < 4.78 is 16.6. The lowest BCUT2D eigenvalue weighted by Gasteiger charge is -2.10. The van der Waals surface area contributed by atoms with Crippen LogP contribution in [0.3, 0.4) is 0 Å². The molecule has 19 heavy (non-hydrogen) atoms. The number of aryl methyl sites for hydroxylation is 3. The van der Waals surface area contributed by atoms with Crippen LogP contribution >= 0.6 is 15.9 Å². The Morgan fingerprint density at radius 2 is 2.11 bits per heavy atom. The molecule has 0 saturated heterocycles. The van der Waals surface area contributed by atoms with E-state index in [1.165, 1.54) is 6.07 Å². The van der Waals surface area contributed by atoms with Gasteiger partial charge in [0.2, 0.25) is 0 Å². The van der Waals surface area contributed by atoms with Gasteiger partial charge in [-0.15, -0.1) is 0 Å². The summed E-state index contributed by atoms with van der Waals surface area (Å²) >= 11 is 3.53. The number of hydrogen-bond donors (Lipinski definition) is 1. The molecule has 1 heterocycles. The Morgan fingerprint density at radius 1 is 1.37 bits per heavy atom. The Morgan fingerprint density at radius 3 is 2.74 bits per heavy atom. The van der Waals surface area contributed by atoms with Gasteiger partial charge in [0.1, 0.15) is 5.82 Å². The highest BCUT2D eigenvalue weighted by atomic mass is 79.9. The smallest absolute Gasteiger partial charge is 0.146 e. The van der Waals surface area contributed by atoms with Gasteiger partial charge in [-0.2, -0.15) is 5.10 Å². The van der Waals surface area contributed by atoms with Crippen LogP contribution in [0.2, 0.25) is 0 Å². The number of nitrogens with zero attached hydrogens (tertiary/aromatic N) is 2. The van der Waals surface area contributed by atoms with Crippen molar-refractivity contribution in [1.82, 2.24) is 9.78 Å². The number of hydrogen-bond acceptors (Lipinski definition) is 2. The predicted molar refractivity (Wildman–Crippen MR) is 78.8 cm³/mol. The SMILES string of the molecule is CCn1nc(C)c(Br)c1CNc1ccc(C)cc1F. The summed E-state index contributed by atoms with van der Waals surface area (Å²) in [6.45, 7) is 7.19. The predicted octanol–water partition coefficient (Wildman–Crippen LogP) is 4.03. The van der Waals surface area contributed by atoms with E-state index >= 15 is 0 Å². The molecule has 0 aliphatic carbocycles. The highest BCUT2D eigenvalue weighted by molar-refractivity contribution is 9.10. The van der Waals surface area contributed by atoms with Crippen LogP contribution in [-0.4, -0.2) is 9.78 Å². The molecular weight excluding hydrogens is 309 g/mol. The number of anilines is 1. The molecule has 3 nitrogen and oxygen atoms in total. The zero-order valence-electron chi connectivity index (χ0n) is 11.3. The molecule has 0 radical (unpaired) electrons. The van der Waals surface area contributed by atoms with Gasteiger partial charge < -0.3 is 5.32 Å². The Labute approximate surface area is 121 Å². The molecule has 1 aromatic heterocycles. The second kappa shape index (κ2) is 5.74. The fourth-order valence-corrected chi connectivity index (χ4v) is 2.40. The van der Waals surface area contributed by atoms with Crippen LogP contribution in [0.4, 0.5) is 10.1 Å². The van der Waals surface area contributed by atoms with Gasteiger partial charge in [0, 0.05) is 6.54 Å². The van der Waals surface area contributed by atoms with Crippen molar-refractivity contribution in [2.45, 2.75) is 33.9 Å². The fourth-order valence-electron chi connectivity index (χ4n) is 1.98. The second-order valence-electron chi connectivity index (χ2n) is 4.50. The first-order valence-corrected chi connectivity index (χ1v) is 7.04. The summed E-state index contributed by atoms with van der Waals surface area (Å²) in [5, 5.41) is 7.53. The van der Waals surface area contributed by atoms with Crippen molar-refractivity contribution in [2.75, 3.05) is 5.32 Å². The summed E-state index contributed by atoms with van der Waals surface area (Å²) in [6.07, 6.45) is 0. The fraction of sp³-hybridized carbons (Fsp3) is 0.357. The van der Waals surface area contributed by atoms with Gasteiger partial charge in [0.25, 0.3) is 0 Å². The maximum absolute atomic E-state index is 13.7. The first-order chi connectivity index (χ1) is 9.02. The van der Waals surface area contributed by atoms with Crippen molar-refractivity contribution in [2.24, 2.45) is 0 Å². The lowest BCUT2D eigenvalue weighted by atomic mass is 10.2. The minimum Gasteiger partial charge on any atom is -0.377 e. The molecule has 0 bridgehead atoms. The monoisotopic (exact) mass is 325 g/mol. The van der Waals surface area contributed by atoms with Gasteiger partial charge in [0.15, 0.2) is 0 Å². The summed E-state index contributed by atoms with van der Waals surface area (Å²) in [4.78, 5) is 0. The van der Waals surface area contributed by atoms with E-state index in [2.05, 4.69) is 26.3 Å². The molecular formula is C14H17BrFN3. The minimum atomic E-state index is -0.226. The number of halogens is 2. The average molecular weight is 326 g/mol. The quantitative estimate of drug-likeness (QED) is 0.919. The van der Waals surface area contributed by atoms with E-state index in [0.717, 1.165) is 28.0 Å². The van der Waals surface area contributed by atoms with E-state index in [1.807, 2.05) is 31.5 Å². The number of aromatic nitrogens is 2. The second-order valence-corrected chi connectivity index (χ2v) is 5.29. The third-order valence-corrected chi connectivity index (χ3v) is 4.06. The molecule has 0 spiro atoms. The first kappa shape index (κ1) is 14.1. The highest BCUT2D eigenvalue weighted by Crippen LogP contribution is 2.23. The van der Waals surface area contributed by atoms with Crippen LogP contribution in [0.1, 0.15) is 23.9 Å². The van der Waals surface area contributed by atoms with Crippen LogP contribution in [0.15, 0.2) is 22.7 Å². The Balaban J connectivity index is 2.18. The lowest BCUT2D eigenvalue weighted by molar-refractivity contribution is 0.615. The maximum atomic E-state index is 13.7. The van der Waals surface area contributed by atoms with Crippen LogP contribution in [0, 0.1) is 19.7 Å². The van der Waals surface area contributed by atoms with Gasteiger partial charge in [-0.05, 0) is 54.4 Å². The topological polar surface area (TPSA) is 29.9 Å². The van der Waals surface area contributed by atoms with Crippen molar-refractivity contribution < 1.29 is 4.39 Å². The summed E-state index contributed by atoms with van der Waals surface area (Å²) in [6, 6.07) is 5.18. The van der Waals surface area contributed by atoms with Gasteiger partial charge in [-0.25, -0.2) is 4.39 Å². The molecule has 5 heteroatoms.